The molecule has 0 amide bonds. The predicted octanol–water partition coefficient (Wildman–Crippen LogP) is 1.80. The molecular formula is CF3OP. The molecule has 0 aromatic heterocycles. The first-order valence-electron chi connectivity index (χ1n) is 0.973. The molecule has 0 aliphatic heterocycles. The lowest BCUT2D eigenvalue weighted by Crippen LogP contribution is -1.90. The van der Waals surface area contributed by atoms with Crippen molar-refractivity contribution in [3.05, 3.63) is 0 Å². The number of hydrogen-bond acceptors (Lipinski definition) is 1. The van der Waals surface area contributed by atoms with Crippen LogP contribution in [0.2, 0.25) is 0 Å². The molecule has 0 radical (unpaired) electrons. The van der Waals surface area contributed by atoms with Crippen molar-refractivity contribution in [3.63, 3.8) is 0 Å². The summed E-state index contributed by atoms with van der Waals surface area (Å²) >= 11 is 0. The third-order valence-electron chi connectivity index (χ3n) is 0.104. The zero-order valence-corrected chi connectivity index (χ0v) is 3.38. The molecule has 0 saturated heterocycles. The van der Waals surface area contributed by atoms with Crippen LogP contribution in [-0.2, 0) is 4.57 Å². The molecule has 0 N–H and O–H groups in total. The van der Waals surface area contributed by atoms with Crippen LogP contribution in [0, 0.1) is 0 Å². The molecule has 0 saturated carbocycles. The second-order valence-electron chi connectivity index (χ2n) is 0.559. The fourth-order valence-corrected chi connectivity index (χ4v) is 0. The minimum atomic E-state index is -4.54. The van der Waals surface area contributed by atoms with Gasteiger partial charge in [0.15, 0.2) is 0 Å². The van der Waals surface area contributed by atoms with Crippen LogP contribution in [0.3, 0.4) is 0 Å². The van der Waals surface area contributed by atoms with Crippen LogP contribution in [0.5, 0.6) is 0 Å². The molecule has 0 fully saturated rings. The molecule has 5 heteroatoms. The molecule has 0 rings (SSSR count). The Morgan fingerprint density at radius 2 is 1.50 bits per heavy atom. The van der Waals surface area contributed by atoms with Crippen molar-refractivity contribution >= 4 is 8.46 Å². The van der Waals surface area contributed by atoms with Gasteiger partial charge in [-0.2, -0.15) is 13.2 Å². The third kappa shape index (κ3) is 3.89. The van der Waals surface area contributed by atoms with E-state index < -0.39 is 14.4 Å². The zero-order chi connectivity index (χ0) is 5.21. The summed E-state index contributed by atoms with van der Waals surface area (Å²) in [6.45, 7) is 0. The van der Waals surface area contributed by atoms with Gasteiger partial charge in [0, 0.05) is 0 Å². The Morgan fingerprint density at radius 3 is 1.50 bits per heavy atom. The lowest BCUT2D eigenvalue weighted by Gasteiger charge is -1.85. The Morgan fingerprint density at radius 1 is 1.33 bits per heavy atom. The molecule has 1 nitrogen and oxygen atoms in total. The molecule has 0 bridgehead atoms. The van der Waals surface area contributed by atoms with Gasteiger partial charge < -0.3 is 0 Å². The van der Waals surface area contributed by atoms with Crippen molar-refractivity contribution in [2.75, 3.05) is 0 Å². The van der Waals surface area contributed by atoms with Gasteiger partial charge in [-0.3, -0.25) is 4.57 Å². The second-order valence-corrected chi connectivity index (χ2v) is 1.25. The summed E-state index contributed by atoms with van der Waals surface area (Å²) in [5, 5.41) is 0. The van der Waals surface area contributed by atoms with Crippen molar-refractivity contribution in [1.82, 2.24) is 0 Å². The van der Waals surface area contributed by atoms with Gasteiger partial charge in [-0.05, 0) is 0 Å². The Kier molecular flexibility index (Phi) is 1.53. The highest BCUT2D eigenvalue weighted by molar-refractivity contribution is 7.25. The maximum absolute atomic E-state index is 10.5. The van der Waals surface area contributed by atoms with Gasteiger partial charge in [0.25, 0.3) is 8.46 Å². The molecular weight excluding hydrogens is 116 g/mol. The Bertz CT molecular complexity index is 56.3. The summed E-state index contributed by atoms with van der Waals surface area (Å²) in [6.07, 6.45) is 0. The summed E-state index contributed by atoms with van der Waals surface area (Å²) in [6, 6.07) is 0. The van der Waals surface area contributed by atoms with Crippen LogP contribution in [-0.4, -0.2) is 5.92 Å². The van der Waals surface area contributed by atoms with E-state index in [0.29, 0.717) is 0 Å². The topological polar surface area (TPSA) is 17.1 Å². The van der Waals surface area contributed by atoms with E-state index in [-0.39, 0.29) is 0 Å². The van der Waals surface area contributed by atoms with Crippen LogP contribution in [0.25, 0.3) is 0 Å². The van der Waals surface area contributed by atoms with Gasteiger partial charge in [0.2, 0.25) is 0 Å². The molecule has 0 unspecified atom stereocenters. The van der Waals surface area contributed by atoms with E-state index in [0.717, 1.165) is 0 Å². The fourth-order valence-electron chi connectivity index (χ4n) is 0. The van der Waals surface area contributed by atoms with E-state index >= 15 is 0 Å². The quantitative estimate of drug-likeness (QED) is 0.441. The van der Waals surface area contributed by atoms with Crippen LogP contribution in [0.4, 0.5) is 13.2 Å². The first kappa shape index (κ1) is 5.89. The van der Waals surface area contributed by atoms with E-state index in [1.54, 1.807) is 0 Å². The SMILES string of the molecule is O=PC(F)(F)F. The van der Waals surface area contributed by atoms with Crippen molar-refractivity contribution < 1.29 is 17.7 Å². The predicted molar refractivity (Wildman–Crippen MR) is 13.7 cm³/mol. The van der Waals surface area contributed by atoms with Crippen molar-refractivity contribution in [1.29, 1.82) is 0 Å². The molecule has 0 aromatic carbocycles. The molecule has 6 heavy (non-hydrogen) atoms. The summed E-state index contributed by atoms with van der Waals surface area (Å²) < 4.78 is 40.2. The van der Waals surface area contributed by atoms with E-state index in [9.17, 15) is 13.2 Å². The van der Waals surface area contributed by atoms with E-state index in [1.807, 2.05) is 0 Å². The first-order valence-corrected chi connectivity index (χ1v) is 1.79. The highest BCUT2D eigenvalue weighted by atomic mass is 31.1. The van der Waals surface area contributed by atoms with Gasteiger partial charge in [-0.15, -0.1) is 0 Å². The highest BCUT2D eigenvalue weighted by Crippen LogP contribution is 2.26. The Hall–Kier alpha value is -0.110. The molecule has 0 heterocycles. The van der Waals surface area contributed by atoms with Crippen LogP contribution < -0.4 is 0 Å². The monoisotopic (exact) mass is 116 g/mol. The lowest BCUT2D eigenvalue weighted by atomic mass is 11.6. The number of hydrogen-bond donors (Lipinski definition) is 0. The minimum Gasteiger partial charge on any atom is -0.265 e. The van der Waals surface area contributed by atoms with E-state index in [1.165, 1.54) is 0 Å². The molecule has 36 valence electrons. The van der Waals surface area contributed by atoms with Crippen LogP contribution >= 0.6 is 8.46 Å². The van der Waals surface area contributed by atoms with Gasteiger partial charge in [0.1, 0.15) is 0 Å². The third-order valence-corrected chi connectivity index (χ3v) is 0.311. The lowest BCUT2D eigenvalue weighted by molar-refractivity contribution is -0.0390. The maximum atomic E-state index is 10.5. The normalized spacial score (nSPS) is 12.5. The van der Waals surface area contributed by atoms with Gasteiger partial charge in [-0.25, -0.2) is 0 Å². The van der Waals surface area contributed by atoms with Gasteiger partial charge in [-0.1, -0.05) is 0 Å². The van der Waals surface area contributed by atoms with Crippen LogP contribution in [0.1, 0.15) is 0 Å². The van der Waals surface area contributed by atoms with Crippen molar-refractivity contribution in [2.24, 2.45) is 0 Å². The smallest absolute Gasteiger partial charge is 0.265 e. The molecule has 0 atom stereocenters. The number of rotatable bonds is 0. The van der Waals surface area contributed by atoms with E-state index in [4.69, 9.17) is 4.57 Å². The summed E-state index contributed by atoms with van der Waals surface area (Å²) in [5.41, 5.74) is 0. The molecule has 0 aromatic rings. The first-order chi connectivity index (χ1) is 2.56. The van der Waals surface area contributed by atoms with Gasteiger partial charge >= 0.3 is 5.92 Å². The number of halogens is 3. The molecule has 0 spiro atoms. The molecule has 0 aliphatic rings. The fraction of sp³-hybridized carbons (Fsp3) is 1.00. The summed E-state index contributed by atoms with van der Waals surface area (Å²) in [7, 11) is -1.78. The zero-order valence-electron chi connectivity index (χ0n) is 2.49. The second kappa shape index (κ2) is 1.56. The van der Waals surface area contributed by atoms with Crippen molar-refractivity contribution in [2.45, 2.75) is 5.92 Å². The summed E-state index contributed by atoms with van der Waals surface area (Å²) in [5.74, 6) is -4.54. The average molecular weight is 116 g/mol. The summed E-state index contributed by atoms with van der Waals surface area (Å²) in [4.78, 5) is 0. The van der Waals surface area contributed by atoms with Crippen molar-refractivity contribution in [3.8, 4) is 0 Å². The largest absolute Gasteiger partial charge is 0.472 e. The number of alkyl halides is 3. The van der Waals surface area contributed by atoms with Gasteiger partial charge in [0.05, 0.1) is 0 Å². The van der Waals surface area contributed by atoms with E-state index in [2.05, 4.69) is 0 Å². The maximum Gasteiger partial charge on any atom is 0.472 e. The Balaban J connectivity index is 3.45. The molecule has 0 aliphatic carbocycles. The Labute approximate surface area is 33.4 Å². The highest BCUT2D eigenvalue weighted by Gasteiger charge is 2.27. The average Bonchev–Trinajstić information content (AvgIpc) is 1.35. The van der Waals surface area contributed by atoms with Crippen LogP contribution in [0.15, 0.2) is 0 Å². The standard InChI is InChI=1S/CF3OP/c2-1(3,4)6-5. The minimum absolute atomic E-state index is 1.78.